The number of hydrogen-bond acceptors (Lipinski definition) is 4. The van der Waals surface area contributed by atoms with Gasteiger partial charge in [-0.15, -0.1) is 0 Å². The maximum atomic E-state index is 11.2. The smallest absolute Gasteiger partial charge is 0.271 e. The minimum Gasteiger partial charge on any atom is -0.496 e. The van der Waals surface area contributed by atoms with Crippen molar-refractivity contribution in [1.82, 2.24) is 15.4 Å². The van der Waals surface area contributed by atoms with Gasteiger partial charge in [-0.2, -0.15) is 15.4 Å². The summed E-state index contributed by atoms with van der Waals surface area (Å²) in [6.07, 6.45) is 0. The highest BCUT2D eigenvalue weighted by molar-refractivity contribution is 14.1. The number of ether oxygens (including phenoxy) is 1. The summed E-state index contributed by atoms with van der Waals surface area (Å²) in [6, 6.07) is 5.53. The first kappa shape index (κ1) is 11.8. The second-order valence-corrected chi connectivity index (χ2v) is 4.36. The third-order valence-electron chi connectivity index (χ3n) is 2.21. The molecule has 1 aromatic carbocycles. The van der Waals surface area contributed by atoms with Crippen molar-refractivity contribution >= 4 is 28.5 Å². The van der Waals surface area contributed by atoms with E-state index >= 15 is 0 Å². The summed E-state index contributed by atoms with van der Waals surface area (Å²) in [5.41, 5.74) is 6.45. The van der Waals surface area contributed by atoms with Gasteiger partial charge in [-0.25, -0.2) is 0 Å². The molecule has 0 atom stereocenters. The van der Waals surface area contributed by atoms with E-state index in [4.69, 9.17) is 10.5 Å². The first-order valence-corrected chi connectivity index (χ1v) is 5.76. The molecule has 2 rings (SSSR count). The van der Waals surface area contributed by atoms with Crippen molar-refractivity contribution < 1.29 is 9.53 Å². The predicted molar refractivity (Wildman–Crippen MR) is 69.6 cm³/mol. The van der Waals surface area contributed by atoms with Crippen molar-refractivity contribution in [3.63, 3.8) is 0 Å². The fourth-order valence-corrected chi connectivity index (χ4v) is 2.21. The molecule has 1 amide bonds. The molecule has 0 fully saturated rings. The second-order valence-electron chi connectivity index (χ2n) is 3.20. The third-order valence-corrected chi connectivity index (χ3v) is 3.11. The summed E-state index contributed by atoms with van der Waals surface area (Å²) in [7, 11) is 1.55. The van der Waals surface area contributed by atoms with Gasteiger partial charge in [-0.1, -0.05) is 6.07 Å². The van der Waals surface area contributed by atoms with Crippen molar-refractivity contribution in [3.8, 4) is 17.0 Å². The number of benzene rings is 1. The SMILES string of the molecule is COc1cccc(I)c1-c1n[nH]nc1C(N)=O. The molecule has 6 nitrogen and oxygen atoms in total. The van der Waals surface area contributed by atoms with Crippen LogP contribution < -0.4 is 10.5 Å². The van der Waals surface area contributed by atoms with Gasteiger partial charge in [0.25, 0.3) is 5.91 Å². The largest absolute Gasteiger partial charge is 0.496 e. The predicted octanol–water partition coefficient (Wildman–Crippen LogP) is 1.18. The first-order chi connectivity index (χ1) is 8.15. The molecule has 0 aliphatic rings. The van der Waals surface area contributed by atoms with Crippen LogP contribution in [0.25, 0.3) is 11.3 Å². The van der Waals surface area contributed by atoms with Gasteiger partial charge in [0.1, 0.15) is 11.4 Å². The molecule has 0 bridgehead atoms. The molecule has 2 aromatic rings. The van der Waals surface area contributed by atoms with Gasteiger partial charge in [0.15, 0.2) is 5.69 Å². The number of nitrogens with zero attached hydrogens (tertiary/aromatic N) is 2. The standard InChI is InChI=1S/C10H9IN4O2/c1-17-6-4-2-3-5(11)7(6)8-9(10(12)16)14-15-13-8/h2-4H,1H3,(H2,12,16)(H,13,14,15). The number of hydrogen-bond donors (Lipinski definition) is 2. The number of rotatable bonds is 3. The number of amides is 1. The Morgan fingerprint density at radius 2 is 2.24 bits per heavy atom. The van der Waals surface area contributed by atoms with Crippen LogP contribution in [-0.2, 0) is 0 Å². The molecule has 0 spiro atoms. The zero-order valence-electron chi connectivity index (χ0n) is 8.90. The summed E-state index contributed by atoms with van der Waals surface area (Å²) >= 11 is 2.14. The molecule has 0 unspecified atom stereocenters. The van der Waals surface area contributed by atoms with Gasteiger partial charge in [-0.05, 0) is 34.7 Å². The Hall–Kier alpha value is -1.64. The van der Waals surface area contributed by atoms with Crippen LogP contribution in [-0.4, -0.2) is 28.4 Å². The Bertz CT molecular complexity index is 567. The van der Waals surface area contributed by atoms with Crippen LogP contribution in [0.2, 0.25) is 0 Å². The number of H-pyrrole nitrogens is 1. The number of aromatic nitrogens is 3. The fraction of sp³-hybridized carbons (Fsp3) is 0.100. The number of methoxy groups -OCH3 is 1. The number of carbonyl (C=O) groups excluding carboxylic acids is 1. The van der Waals surface area contributed by atoms with E-state index in [0.29, 0.717) is 17.0 Å². The van der Waals surface area contributed by atoms with Gasteiger partial charge in [0.2, 0.25) is 0 Å². The lowest BCUT2D eigenvalue weighted by Gasteiger charge is -2.08. The summed E-state index contributed by atoms with van der Waals surface area (Å²) in [4.78, 5) is 11.2. The number of halogens is 1. The average Bonchev–Trinajstić information content (AvgIpc) is 2.77. The molecule has 88 valence electrons. The summed E-state index contributed by atoms with van der Waals surface area (Å²) in [5, 5.41) is 10.1. The fourth-order valence-electron chi connectivity index (χ4n) is 1.48. The van der Waals surface area contributed by atoms with Gasteiger partial charge >= 0.3 is 0 Å². The normalized spacial score (nSPS) is 10.2. The molecule has 0 aliphatic heterocycles. The van der Waals surface area contributed by atoms with Crippen molar-refractivity contribution in [2.24, 2.45) is 5.73 Å². The summed E-state index contributed by atoms with van der Waals surface area (Å²) in [5.74, 6) is -0.0104. The van der Waals surface area contributed by atoms with Gasteiger partial charge in [0.05, 0.1) is 12.7 Å². The van der Waals surface area contributed by atoms with Gasteiger partial charge in [0, 0.05) is 3.57 Å². The van der Waals surface area contributed by atoms with Crippen LogP contribution in [0.15, 0.2) is 18.2 Å². The van der Waals surface area contributed by atoms with Gasteiger partial charge in [-0.3, -0.25) is 4.79 Å². The van der Waals surface area contributed by atoms with Crippen molar-refractivity contribution in [2.75, 3.05) is 7.11 Å². The van der Waals surface area contributed by atoms with E-state index in [1.165, 1.54) is 0 Å². The third kappa shape index (κ3) is 2.09. The van der Waals surface area contributed by atoms with Crippen LogP contribution in [0.4, 0.5) is 0 Å². The topological polar surface area (TPSA) is 93.9 Å². The zero-order chi connectivity index (χ0) is 12.4. The lowest BCUT2D eigenvalue weighted by Crippen LogP contribution is -2.13. The minimum atomic E-state index is -0.629. The maximum absolute atomic E-state index is 11.2. The monoisotopic (exact) mass is 344 g/mol. The van der Waals surface area contributed by atoms with E-state index in [9.17, 15) is 4.79 Å². The van der Waals surface area contributed by atoms with E-state index < -0.39 is 5.91 Å². The molecule has 0 radical (unpaired) electrons. The van der Waals surface area contributed by atoms with E-state index in [2.05, 4.69) is 38.0 Å². The van der Waals surface area contributed by atoms with Crippen LogP contribution in [0.1, 0.15) is 10.5 Å². The van der Waals surface area contributed by atoms with E-state index in [0.717, 1.165) is 3.57 Å². The highest BCUT2D eigenvalue weighted by Crippen LogP contribution is 2.33. The zero-order valence-corrected chi connectivity index (χ0v) is 11.1. The van der Waals surface area contributed by atoms with E-state index in [-0.39, 0.29) is 5.69 Å². The summed E-state index contributed by atoms with van der Waals surface area (Å²) in [6.45, 7) is 0. The van der Waals surface area contributed by atoms with Crippen LogP contribution in [0.5, 0.6) is 5.75 Å². The lowest BCUT2D eigenvalue weighted by atomic mass is 10.1. The maximum Gasteiger partial charge on any atom is 0.271 e. The van der Waals surface area contributed by atoms with E-state index in [1.807, 2.05) is 12.1 Å². The minimum absolute atomic E-state index is 0.104. The highest BCUT2D eigenvalue weighted by Gasteiger charge is 2.20. The molecule has 1 aromatic heterocycles. The van der Waals surface area contributed by atoms with Crippen LogP contribution in [0.3, 0.4) is 0 Å². The molecular weight excluding hydrogens is 335 g/mol. The molecule has 7 heteroatoms. The van der Waals surface area contributed by atoms with E-state index in [1.54, 1.807) is 13.2 Å². The molecule has 17 heavy (non-hydrogen) atoms. The second kappa shape index (κ2) is 4.70. The Morgan fingerprint density at radius 3 is 2.88 bits per heavy atom. The molecule has 0 saturated heterocycles. The highest BCUT2D eigenvalue weighted by atomic mass is 127. The Labute approximate surface area is 111 Å². The Morgan fingerprint density at radius 1 is 1.47 bits per heavy atom. The van der Waals surface area contributed by atoms with Crippen LogP contribution >= 0.6 is 22.6 Å². The number of nitrogens with two attached hydrogens (primary N) is 1. The van der Waals surface area contributed by atoms with Crippen molar-refractivity contribution in [2.45, 2.75) is 0 Å². The Kier molecular flexibility index (Phi) is 3.27. The molecule has 1 heterocycles. The van der Waals surface area contributed by atoms with Crippen molar-refractivity contribution in [1.29, 1.82) is 0 Å². The molecular formula is C10H9IN4O2. The number of nitrogens with one attached hydrogen (secondary N) is 1. The molecule has 3 N–H and O–H groups in total. The summed E-state index contributed by atoms with van der Waals surface area (Å²) < 4.78 is 6.15. The number of primary amides is 1. The van der Waals surface area contributed by atoms with Crippen molar-refractivity contribution in [3.05, 3.63) is 27.5 Å². The Balaban J connectivity index is 2.68. The quantitative estimate of drug-likeness (QED) is 0.818. The number of carbonyl (C=O) groups is 1. The molecule has 0 saturated carbocycles. The average molecular weight is 344 g/mol. The molecule has 0 aliphatic carbocycles. The first-order valence-electron chi connectivity index (χ1n) is 4.68. The van der Waals surface area contributed by atoms with Gasteiger partial charge < -0.3 is 10.5 Å². The lowest BCUT2D eigenvalue weighted by molar-refractivity contribution is 0.0996. The number of aromatic amines is 1. The van der Waals surface area contributed by atoms with Crippen LogP contribution in [0, 0.1) is 3.57 Å².